The normalized spacial score (nSPS) is 20.2. The predicted octanol–water partition coefficient (Wildman–Crippen LogP) is 4.83. The van der Waals surface area contributed by atoms with Crippen molar-refractivity contribution >= 4 is 11.7 Å². The smallest absolute Gasteiger partial charge is 0.423 e. The number of carbonyl (C=O) groups is 1. The Bertz CT molecular complexity index is 1470. The Labute approximate surface area is 249 Å². The molecule has 1 amide bonds. The third-order valence-electron chi connectivity index (χ3n) is 8.60. The van der Waals surface area contributed by atoms with Gasteiger partial charge in [-0.25, -0.2) is 9.97 Å². The lowest BCUT2D eigenvalue weighted by Gasteiger charge is -2.53. The van der Waals surface area contributed by atoms with E-state index in [2.05, 4.69) is 16.0 Å². The van der Waals surface area contributed by atoms with E-state index in [1.165, 1.54) is 19.4 Å². The summed E-state index contributed by atoms with van der Waals surface area (Å²) in [5.74, 6) is -0.0773. The maximum atomic E-state index is 14.2. The average molecular weight is 599 g/mol. The first-order valence-electron chi connectivity index (χ1n) is 14.6. The maximum Gasteiger partial charge on any atom is 0.423 e. The number of nitrogens with two attached hydrogens (primary N) is 1. The second-order valence-corrected chi connectivity index (χ2v) is 10.9. The van der Waals surface area contributed by atoms with E-state index in [0.717, 1.165) is 16.8 Å². The molecule has 230 valence electrons. The quantitative estimate of drug-likeness (QED) is 0.393. The molecule has 1 saturated heterocycles. The molecule has 5 rings (SSSR count). The van der Waals surface area contributed by atoms with Crippen LogP contribution in [-0.4, -0.2) is 65.7 Å². The zero-order chi connectivity index (χ0) is 30.8. The molecule has 1 spiro atoms. The van der Waals surface area contributed by atoms with Crippen LogP contribution in [0.25, 0.3) is 11.3 Å². The number of aromatic nitrogens is 3. The second-order valence-electron chi connectivity index (χ2n) is 10.9. The lowest BCUT2D eigenvalue weighted by molar-refractivity contribution is -0.138. The van der Waals surface area contributed by atoms with E-state index in [0.29, 0.717) is 57.2 Å². The number of hydrogen-bond donors (Lipinski definition) is 1. The number of pyridine rings is 3. The van der Waals surface area contributed by atoms with Gasteiger partial charge >= 0.3 is 6.18 Å². The summed E-state index contributed by atoms with van der Waals surface area (Å²) in [7, 11) is 1.23. The minimum atomic E-state index is -4.64. The number of ether oxygens (including phenoxy) is 2. The number of methoxy groups -OCH3 is 1. The van der Waals surface area contributed by atoms with Gasteiger partial charge in [-0.15, -0.1) is 0 Å². The van der Waals surface area contributed by atoms with E-state index in [1.807, 2.05) is 36.9 Å². The molecule has 43 heavy (non-hydrogen) atoms. The van der Waals surface area contributed by atoms with Gasteiger partial charge in [0.1, 0.15) is 17.1 Å². The molecule has 1 fully saturated rings. The van der Waals surface area contributed by atoms with Crippen LogP contribution in [0.3, 0.4) is 0 Å². The highest BCUT2D eigenvalue weighted by Crippen LogP contribution is 2.49. The number of nitrogens with zero attached hydrogens (tertiary/aromatic N) is 5. The van der Waals surface area contributed by atoms with Gasteiger partial charge in [-0.05, 0) is 49.1 Å². The summed E-state index contributed by atoms with van der Waals surface area (Å²) >= 11 is 0. The zero-order valence-electron chi connectivity index (χ0n) is 24.7. The van der Waals surface area contributed by atoms with Gasteiger partial charge in [0.05, 0.1) is 37.2 Å². The highest BCUT2D eigenvalue weighted by atomic mass is 19.4. The van der Waals surface area contributed by atoms with Crippen molar-refractivity contribution in [1.82, 2.24) is 19.9 Å². The molecule has 0 bridgehead atoms. The van der Waals surface area contributed by atoms with E-state index >= 15 is 0 Å². The third-order valence-corrected chi connectivity index (χ3v) is 8.60. The number of alkyl halides is 3. The number of fused-ring (bicyclic) bond motifs is 2. The van der Waals surface area contributed by atoms with Crippen molar-refractivity contribution in [2.45, 2.75) is 51.2 Å². The van der Waals surface area contributed by atoms with E-state index in [9.17, 15) is 18.0 Å². The molecule has 2 unspecified atom stereocenters. The van der Waals surface area contributed by atoms with Crippen LogP contribution in [0.5, 0.6) is 11.6 Å². The minimum absolute atomic E-state index is 0.0674. The summed E-state index contributed by atoms with van der Waals surface area (Å²) in [6.45, 7) is 6.01. The van der Waals surface area contributed by atoms with Gasteiger partial charge in [0, 0.05) is 50.4 Å². The maximum absolute atomic E-state index is 14.2. The molecule has 2 aliphatic heterocycles. The summed E-state index contributed by atoms with van der Waals surface area (Å²) in [4.78, 5) is 30.4. The van der Waals surface area contributed by atoms with Gasteiger partial charge in [-0.2, -0.15) is 13.2 Å². The average Bonchev–Trinajstić information content (AvgIpc) is 3.00. The van der Waals surface area contributed by atoms with Gasteiger partial charge in [0.25, 0.3) is 0 Å². The number of carbonyl (C=O) groups excluding carboxylic acids is 1. The predicted molar refractivity (Wildman–Crippen MR) is 156 cm³/mol. The van der Waals surface area contributed by atoms with Crippen LogP contribution in [-0.2, 0) is 22.9 Å². The number of hydrogen-bond acceptors (Lipinski definition) is 8. The van der Waals surface area contributed by atoms with Crippen molar-refractivity contribution in [3.63, 3.8) is 0 Å². The molecule has 0 radical (unpaired) electrons. The Hall–Kier alpha value is -3.93. The van der Waals surface area contributed by atoms with Gasteiger partial charge < -0.3 is 25.0 Å². The fourth-order valence-corrected chi connectivity index (χ4v) is 6.64. The molecule has 9 nitrogen and oxygen atoms in total. The van der Waals surface area contributed by atoms with Crippen LogP contribution in [0.15, 0.2) is 42.7 Å². The number of rotatable bonds is 8. The van der Waals surface area contributed by atoms with E-state index in [1.54, 1.807) is 11.1 Å². The topological polar surface area (TPSA) is 107 Å². The summed E-state index contributed by atoms with van der Waals surface area (Å²) in [5, 5.41) is 0. The van der Waals surface area contributed by atoms with Crippen LogP contribution in [0, 0.1) is 5.92 Å². The molecular weight excluding hydrogens is 561 g/mol. The molecule has 0 saturated carbocycles. The second kappa shape index (κ2) is 12.4. The first-order chi connectivity index (χ1) is 20.7. The molecule has 3 aromatic heterocycles. The van der Waals surface area contributed by atoms with Crippen molar-refractivity contribution in [1.29, 1.82) is 0 Å². The van der Waals surface area contributed by atoms with Crippen LogP contribution in [0.1, 0.15) is 49.9 Å². The van der Waals surface area contributed by atoms with Crippen molar-refractivity contribution < 1.29 is 27.4 Å². The molecule has 0 aliphatic carbocycles. The van der Waals surface area contributed by atoms with E-state index in [-0.39, 0.29) is 36.4 Å². The molecule has 0 aromatic carbocycles. The standard InChI is InChI=1S/C31H37F3N6O3/c1-4-20-17-39(28-27(31(32,33)34)25(42-3)11-15-36-28)16-12-30(20)19-40(26(41)10-13-35)18-24-22(30)8-9-23(38-24)21-7-6-14-37-29(21)43-5-2/h6-9,11,14-15,20H,4-5,10,12-13,16-19,35H2,1-3H3. The summed E-state index contributed by atoms with van der Waals surface area (Å²) < 4.78 is 53.5. The lowest BCUT2D eigenvalue weighted by Crippen LogP contribution is -2.58. The first-order valence-corrected chi connectivity index (χ1v) is 14.6. The van der Waals surface area contributed by atoms with Gasteiger partial charge in [-0.1, -0.05) is 19.4 Å². The molecule has 5 heterocycles. The Morgan fingerprint density at radius 2 is 1.98 bits per heavy atom. The van der Waals surface area contributed by atoms with Gasteiger partial charge in [0.2, 0.25) is 11.8 Å². The largest absolute Gasteiger partial charge is 0.496 e. The van der Waals surface area contributed by atoms with Crippen molar-refractivity contribution in [3.05, 3.63) is 59.5 Å². The molecule has 2 N–H and O–H groups in total. The highest BCUT2D eigenvalue weighted by molar-refractivity contribution is 5.77. The van der Waals surface area contributed by atoms with Crippen molar-refractivity contribution in [2.75, 3.05) is 44.8 Å². The summed E-state index contributed by atoms with van der Waals surface area (Å²) in [6, 6.07) is 8.96. The van der Waals surface area contributed by atoms with Crippen LogP contribution in [0.4, 0.5) is 19.0 Å². The number of amides is 1. The monoisotopic (exact) mass is 598 g/mol. The molecular formula is C31H37F3N6O3. The number of anilines is 1. The third kappa shape index (κ3) is 5.72. The first kappa shape index (κ1) is 30.5. The van der Waals surface area contributed by atoms with E-state index in [4.69, 9.17) is 20.2 Å². The Morgan fingerprint density at radius 3 is 2.67 bits per heavy atom. The van der Waals surface area contributed by atoms with Crippen LogP contribution in [0.2, 0.25) is 0 Å². The fraction of sp³-hybridized carbons (Fsp3) is 0.484. The Balaban J connectivity index is 1.57. The fourth-order valence-electron chi connectivity index (χ4n) is 6.64. The molecule has 2 aliphatic rings. The van der Waals surface area contributed by atoms with Gasteiger partial charge in [-0.3, -0.25) is 9.78 Å². The Morgan fingerprint density at radius 1 is 1.16 bits per heavy atom. The van der Waals surface area contributed by atoms with Gasteiger partial charge in [0.15, 0.2) is 0 Å². The summed E-state index contributed by atoms with van der Waals surface area (Å²) in [6.07, 6.45) is -0.234. The van der Waals surface area contributed by atoms with Crippen molar-refractivity contribution in [2.24, 2.45) is 11.7 Å². The molecule has 12 heteroatoms. The van der Waals surface area contributed by atoms with Crippen LogP contribution < -0.4 is 20.1 Å². The van der Waals surface area contributed by atoms with Crippen molar-refractivity contribution in [3.8, 4) is 22.9 Å². The van der Waals surface area contributed by atoms with Crippen LogP contribution >= 0.6 is 0 Å². The number of piperidine rings is 1. The summed E-state index contributed by atoms with van der Waals surface area (Å²) in [5.41, 5.74) is 7.59. The number of halogens is 3. The Kier molecular flexibility index (Phi) is 8.77. The molecule has 3 aromatic rings. The highest BCUT2D eigenvalue weighted by Gasteiger charge is 2.50. The van der Waals surface area contributed by atoms with E-state index < -0.39 is 17.2 Å². The minimum Gasteiger partial charge on any atom is -0.496 e. The molecule has 2 atom stereocenters. The lowest BCUT2D eigenvalue weighted by atomic mass is 9.62. The SMILES string of the molecule is CCOc1ncccc1-c1ccc2c(n1)CN(C(=O)CCN)CC21CCN(c2nccc(OC)c2C(F)(F)F)CC1CC. The zero-order valence-corrected chi connectivity index (χ0v) is 24.7.